The number of aromatic nitrogens is 1. The summed E-state index contributed by atoms with van der Waals surface area (Å²) in [6.45, 7) is 1.59. The van der Waals surface area contributed by atoms with Gasteiger partial charge in [-0.3, -0.25) is 9.59 Å². The number of nitrogens with zero attached hydrogens (tertiary/aromatic N) is 2. The number of hydrogen-bond acceptors (Lipinski definition) is 4. The third-order valence-corrected chi connectivity index (χ3v) is 6.30. The number of para-hydroxylation sites is 2. The largest absolute Gasteiger partial charge is 0.339 e. The van der Waals surface area contributed by atoms with Crippen molar-refractivity contribution >= 4 is 39.1 Å². The summed E-state index contributed by atoms with van der Waals surface area (Å²) in [5, 5.41) is 4.00. The molecule has 2 amide bonds. The summed E-state index contributed by atoms with van der Waals surface area (Å²) >= 11 is 1.68. The number of piperidine rings is 1. The van der Waals surface area contributed by atoms with Crippen molar-refractivity contribution in [3.8, 4) is 0 Å². The highest BCUT2D eigenvalue weighted by molar-refractivity contribution is 7.18. The standard InChI is InChI=1S/C23H25N3O2S/c27-21(13-8-14-22-25-19-11-4-5-12-20(19)29-22)24-18-10-3-2-9-17(18)23(28)26-15-6-1-7-16-26/h2-5,9-12H,1,6-8,13-16H2,(H,24,27). The molecule has 1 aliphatic rings. The molecule has 0 aliphatic carbocycles. The number of likely N-dealkylation sites (tertiary alicyclic amines) is 1. The van der Waals surface area contributed by atoms with Crippen LogP contribution >= 0.6 is 11.3 Å². The van der Waals surface area contributed by atoms with Crippen molar-refractivity contribution < 1.29 is 9.59 Å². The fraction of sp³-hybridized carbons (Fsp3) is 0.348. The topological polar surface area (TPSA) is 62.3 Å². The highest BCUT2D eigenvalue weighted by atomic mass is 32.1. The molecule has 3 aromatic rings. The molecule has 0 spiro atoms. The number of aryl methyl sites for hydroxylation is 1. The molecule has 0 saturated carbocycles. The molecule has 1 aromatic heterocycles. The Balaban J connectivity index is 1.34. The smallest absolute Gasteiger partial charge is 0.255 e. The van der Waals surface area contributed by atoms with Gasteiger partial charge in [0.1, 0.15) is 0 Å². The number of carbonyl (C=O) groups is 2. The minimum absolute atomic E-state index is 0.00933. The third kappa shape index (κ3) is 4.82. The minimum atomic E-state index is -0.0648. The van der Waals surface area contributed by atoms with Gasteiger partial charge in [-0.05, 0) is 56.4 Å². The zero-order valence-corrected chi connectivity index (χ0v) is 17.2. The first-order valence-corrected chi connectivity index (χ1v) is 11.0. The number of nitrogens with one attached hydrogen (secondary N) is 1. The van der Waals surface area contributed by atoms with Crippen LogP contribution in [0, 0.1) is 0 Å². The van der Waals surface area contributed by atoms with Crippen molar-refractivity contribution in [2.75, 3.05) is 18.4 Å². The number of carbonyl (C=O) groups excluding carboxylic acids is 2. The first-order chi connectivity index (χ1) is 14.2. The zero-order chi connectivity index (χ0) is 20.1. The molecule has 1 fully saturated rings. The Kier molecular flexibility index (Phi) is 6.20. The summed E-state index contributed by atoms with van der Waals surface area (Å²) in [5.74, 6) is -0.0555. The fourth-order valence-corrected chi connectivity index (χ4v) is 4.69. The van der Waals surface area contributed by atoms with Crippen molar-refractivity contribution in [1.82, 2.24) is 9.88 Å². The predicted octanol–water partition coefficient (Wildman–Crippen LogP) is 4.88. The molecule has 1 N–H and O–H groups in total. The SMILES string of the molecule is O=C(CCCc1nc2ccccc2s1)Nc1ccccc1C(=O)N1CCCCC1. The number of amides is 2. The molecule has 0 bridgehead atoms. The molecule has 0 radical (unpaired) electrons. The van der Waals surface area contributed by atoms with Gasteiger partial charge in [-0.15, -0.1) is 11.3 Å². The maximum atomic E-state index is 12.9. The van der Waals surface area contributed by atoms with Crippen LogP contribution in [0.3, 0.4) is 0 Å². The van der Waals surface area contributed by atoms with Crippen LogP contribution in [0.4, 0.5) is 5.69 Å². The summed E-state index contributed by atoms with van der Waals surface area (Å²) in [6.07, 6.45) is 5.19. The van der Waals surface area contributed by atoms with Gasteiger partial charge in [-0.2, -0.15) is 0 Å². The van der Waals surface area contributed by atoms with Crippen LogP contribution in [0.25, 0.3) is 10.2 Å². The van der Waals surface area contributed by atoms with E-state index in [0.29, 0.717) is 17.7 Å². The average molecular weight is 408 g/mol. The molecule has 1 aliphatic heterocycles. The van der Waals surface area contributed by atoms with Crippen LogP contribution < -0.4 is 5.32 Å². The van der Waals surface area contributed by atoms with Gasteiger partial charge >= 0.3 is 0 Å². The van der Waals surface area contributed by atoms with Crippen LogP contribution in [-0.4, -0.2) is 34.8 Å². The van der Waals surface area contributed by atoms with Crippen LogP contribution in [0.5, 0.6) is 0 Å². The van der Waals surface area contributed by atoms with Crippen LogP contribution in [0.15, 0.2) is 48.5 Å². The molecule has 150 valence electrons. The normalized spacial score (nSPS) is 14.1. The summed E-state index contributed by atoms with van der Waals surface area (Å²) < 4.78 is 1.18. The predicted molar refractivity (Wildman–Crippen MR) is 117 cm³/mol. The van der Waals surface area contributed by atoms with Crippen LogP contribution in [0.1, 0.15) is 47.5 Å². The Morgan fingerprint density at radius 2 is 1.76 bits per heavy atom. The lowest BCUT2D eigenvalue weighted by atomic mass is 10.1. The van der Waals surface area contributed by atoms with E-state index in [1.807, 2.05) is 41.3 Å². The molecular weight excluding hydrogens is 382 g/mol. The number of anilines is 1. The van der Waals surface area contributed by atoms with Crippen molar-refractivity contribution in [2.45, 2.75) is 38.5 Å². The number of benzene rings is 2. The zero-order valence-electron chi connectivity index (χ0n) is 16.4. The quantitative estimate of drug-likeness (QED) is 0.633. The monoisotopic (exact) mass is 407 g/mol. The fourth-order valence-electron chi connectivity index (χ4n) is 3.69. The second kappa shape index (κ2) is 9.18. The summed E-state index contributed by atoms with van der Waals surface area (Å²) in [5.41, 5.74) is 2.20. The molecule has 29 heavy (non-hydrogen) atoms. The number of hydrogen-bond donors (Lipinski definition) is 1. The van der Waals surface area contributed by atoms with Crippen LogP contribution in [-0.2, 0) is 11.2 Å². The summed E-state index contributed by atoms with van der Waals surface area (Å²) in [7, 11) is 0. The maximum absolute atomic E-state index is 12.9. The van der Waals surface area contributed by atoms with Crippen molar-refractivity contribution in [3.63, 3.8) is 0 Å². The molecule has 6 heteroatoms. The Hall–Kier alpha value is -2.73. The van der Waals surface area contributed by atoms with Gasteiger partial charge in [-0.25, -0.2) is 4.98 Å². The highest BCUT2D eigenvalue weighted by Gasteiger charge is 2.21. The van der Waals surface area contributed by atoms with E-state index in [0.717, 1.165) is 49.3 Å². The summed E-state index contributed by atoms with van der Waals surface area (Å²) in [4.78, 5) is 31.8. The molecule has 2 heterocycles. The lowest BCUT2D eigenvalue weighted by Gasteiger charge is -2.27. The third-order valence-electron chi connectivity index (χ3n) is 5.21. The van der Waals surface area contributed by atoms with Crippen LogP contribution in [0.2, 0.25) is 0 Å². The van der Waals surface area contributed by atoms with Gasteiger partial charge in [0.05, 0.1) is 26.5 Å². The van der Waals surface area contributed by atoms with E-state index in [2.05, 4.69) is 16.4 Å². The Labute approximate surface area is 174 Å². The van der Waals surface area contributed by atoms with E-state index in [1.165, 1.54) is 11.1 Å². The van der Waals surface area contributed by atoms with Gasteiger partial charge in [0, 0.05) is 19.5 Å². The Morgan fingerprint density at radius 3 is 2.59 bits per heavy atom. The number of fused-ring (bicyclic) bond motifs is 1. The molecule has 0 unspecified atom stereocenters. The van der Waals surface area contributed by atoms with Crippen molar-refractivity contribution in [2.24, 2.45) is 0 Å². The van der Waals surface area contributed by atoms with Gasteiger partial charge in [-0.1, -0.05) is 24.3 Å². The first kappa shape index (κ1) is 19.6. The molecular formula is C23H25N3O2S. The maximum Gasteiger partial charge on any atom is 0.255 e. The lowest BCUT2D eigenvalue weighted by Crippen LogP contribution is -2.36. The van der Waals surface area contributed by atoms with E-state index in [9.17, 15) is 9.59 Å². The van der Waals surface area contributed by atoms with E-state index in [1.54, 1.807) is 17.4 Å². The van der Waals surface area contributed by atoms with Gasteiger partial charge in [0.25, 0.3) is 5.91 Å². The van der Waals surface area contributed by atoms with E-state index in [-0.39, 0.29) is 11.8 Å². The Morgan fingerprint density at radius 1 is 1.00 bits per heavy atom. The second-order valence-corrected chi connectivity index (χ2v) is 8.49. The Bertz CT molecular complexity index is 975. The molecule has 1 saturated heterocycles. The molecule has 5 nitrogen and oxygen atoms in total. The van der Waals surface area contributed by atoms with Crippen molar-refractivity contribution in [1.29, 1.82) is 0 Å². The van der Waals surface area contributed by atoms with Gasteiger partial charge in [0.2, 0.25) is 5.91 Å². The van der Waals surface area contributed by atoms with Crippen molar-refractivity contribution in [3.05, 3.63) is 59.1 Å². The second-order valence-electron chi connectivity index (χ2n) is 7.38. The minimum Gasteiger partial charge on any atom is -0.339 e. The molecule has 0 atom stereocenters. The highest BCUT2D eigenvalue weighted by Crippen LogP contribution is 2.23. The van der Waals surface area contributed by atoms with E-state index in [4.69, 9.17) is 0 Å². The first-order valence-electron chi connectivity index (χ1n) is 10.2. The summed E-state index contributed by atoms with van der Waals surface area (Å²) in [6, 6.07) is 15.4. The number of thiazole rings is 1. The van der Waals surface area contributed by atoms with E-state index >= 15 is 0 Å². The molecule has 2 aromatic carbocycles. The lowest BCUT2D eigenvalue weighted by molar-refractivity contribution is -0.116. The van der Waals surface area contributed by atoms with Gasteiger partial charge in [0.15, 0.2) is 0 Å². The van der Waals surface area contributed by atoms with Gasteiger partial charge < -0.3 is 10.2 Å². The average Bonchev–Trinajstić information content (AvgIpc) is 3.17. The van der Waals surface area contributed by atoms with E-state index < -0.39 is 0 Å². The number of rotatable bonds is 6. The molecule has 4 rings (SSSR count).